The lowest BCUT2D eigenvalue weighted by molar-refractivity contribution is -0.132. The third-order valence-corrected chi connectivity index (χ3v) is 5.65. The van der Waals surface area contributed by atoms with Crippen molar-refractivity contribution in [2.45, 2.75) is 24.2 Å². The van der Waals surface area contributed by atoms with Gasteiger partial charge in [-0.1, -0.05) is 0 Å². The van der Waals surface area contributed by atoms with Crippen molar-refractivity contribution in [3.05, 3.63) is 29.6 Å². The number of piperidine rings is 1. The van der Waals surface area contributed by atoms with E-state index in [9.17, 15) is 22.4 Å². The molecule has 1 spiro atoms. The number of nitrogens with zero attached hydrogens (tertiary/aromatic N) is 1. The van der Waals surface area contributed by atoms with E-state index in [2.05, 4.69) is 5.32 Å². The van der Waals surface area contributed by atoms with Crippen LogP contribution in [0.25, 0.3) is 0 Å². The fourth-order valence-corrected chi connectivity index (χ4v) is 3.92. The summed E-state index contributed by atoms with van der Waals surface area (Å²) in [6.07, 6.45) is 2.03. The number of benzene rings is 1. The van der Waals surface area contributed by atoms with Gasteiger partial charge >= 0.3 is 0 Å². The summed E-state index contributed by atoms with van der Waals surface area (Å²) in [4.78, 5) is 25.8. The zero-order chi connectivity index (χ0) is 17.5. The summed E-state index contributed by atoms with van der Waals surface area (Å²) in [5, 5.41) is 7.84. The van der Waals surface area contributed by atoms with Gasteiger partial charge in [0.1, 0.15) is 5.82 Å². The lowest BCUT2D eigenvalue weighted by Gasteiger charge is -2.32. The van der Waals surface area contributed by atoms with Crippen molar-refractivity contribution in [1.82, 2.24) is 10.2 Å². The van der Waals surface area contributed by atoms with Crippen molar-refractivity contribution in [3.8, 4) is 0 Å². The molecule has 7 nitrogen and oxygen atoms in total. The SMILES string of the molecule is NS(=O)(=O)c1ccc(F)c(C(=O)N2CC[C@@]3(CCCNC3=O)C2)c1. The van der Waals surface area contributed by atoms with E-state index in [4.69, 9.17) is 5.14 Å². The molecule has 0 unspecified atom stereocenters. The average molecular weight is 355 g/mol. The van der Waals surface area contributed by atoms with Crippen LogP contribution in [0.1, 0.15) is 29.6 Å². The van der Waals surface area contributed by atoms with Crippen LogP contribution in [0.5, 0.6) is 0 Å². The normalized spacial score (nSPS) is 24.2. The number of halogens is 1. The van der Waals surface area contributed by atoms with Crippen molar-refractivity contribution in [1.29, 1.82) is 0 Å². The molecule has 130 valence electrons. The lowest BCUT2D eigenvalue weighted by Crippen LogP contribution is -2.47. The van der Waals surface area contributed by atoms with E-state index in [-0.39, 0.29) is 22.9 Å². The molecule has 2 aliphatic rings. The summed E-state index contributed by atoms with van der Waals surface area (Å²) >= 11 is 0. The molecule has 3 N–H and O–H groups in total. The summed E-state index contributed by atoms with van der Waals surface area (Å²) in [5.41, 5.74) is -0.975. The van der Waals surface area contributed by atoms with Crippen LogP contribution >= 0.6 is 0 Å². The third kappa shape index (κ3) is 2.89. The Morgan fingerprint density at radius 2 is 2.08 bits per heavy atom. The topological polar surface area (TPSA) is 110 Å². The molecule has 0 aliphatic carbocycles. The number of likely N-dealkylation sites (tertiary alicyclic amines) is 1. The molecule has 2 fully saturated rings. The number of sulfonamides is 1. The molecule has 2 saturated heterocycles. The van der Waals surface area contributed by atoms with Gasteiger partial charge in [-0.2, -0.15) is 0 Å². The number of primary sulfonamides is 1. The molecule has 0 saturated carbocycles. The first-order valence-electron chi connectivity index (χ1n) is 7.63. The molecule has 1 aromatic rings. The second-order valence-electron chi connectivity index (χ2n) is 6.30. The highest BCUT2D eigenvalue weighted by atomic mass is 32.2. The van der Waals surface area contributed by atoms with Crippen LogP contribution in [0, 0.1) is 11.2 Å². The number of carbonyl (C=O) groups is 2. The standard InChI is InChI=1S/C15H18FN3O4S/c16-12-3-2-10(24(17,22)23)8-11(12)13(20)19-7-5-15(9-19)4-1-6-18-14(15)21/h2-3,8H,1,4-7,9H2,(H,18,21)(H2,17,22,23)/t15-/m0/s1. The number of hydrogen-bond donors (Lipinski definition) is 2. The van der Waals surface area contributed by atoms with Crippen LogP contribution in [0.2, 0.25) is 0 Å². The second-order valence-corrected chi connectivity index (χ2v) is 7.86. The van der Waals surface area contributed by atoms with Crippen molar-refractivity contribution >= 4 is 21.8 Å². The molecule has 0 radical (unpaired) electrons. The number of nitrogens with two attached hydrogens (primary N) is 1. The molecule has 3 rings (SSSR count). The second kappa shape index (κ2) is 5.82. The first kappa shape index (κ1) is 16.8. The van der Waals surface area contributed by atoms with Gasteiger partial charge < -0.3 is 10.2 Å². The molecular formula is C15H18FN3O4S. The van der Waals surface area contributed by atoms with Crippen LogP contribution in [-0.2, 0) is 14.8 Å². The monoisotopic (exact) mass is 355 g/mol. The maximum atomic E-state index is 14.0. The minimum Gasteiger partial charge on any atom is -0.356 e. The molecule has 2 heterocycles. The molecule has 1 atom stereocenters. The van der Waals surface area contributed by atoms with E-state index in [1.54, 1.807) is 0 Å². The Hall–Kier alpha value is -2.00. The van der Waals surface area contributed by atoms with Gasteiger partial charge in [-0.25, -0.2) is 17.9 Å². The van der Waals surface area contributed by atoms with Gasteiger partial charge in [-0.05, 0) is 37.5 Å². The van der Waals surface area contributed by atoms with Crippen LogP contribution in [0.4, 0.5) is 4.39 Å². The Kier molecular flexibility index (Phi) is 4.08. The molecule has 2 amide bonds. The molecule has 24 heavy (non-hydrogen) atoms. The zero-order valence-electron chi connectivity index (χ0n) is 12.9. The summed E-state index contributed by atoms with van der Waals surface area (Å²) < 4.78 is 36.8. The predicted molar refractivity (Wildman–Crippen MR) is 83.0 cm³/mol. The Morgan fingerprint density at radius 1 is 1.33 bits per heavy atom. The lowest BCUT2D eigenvalue weighted by atomic mass is 9.79. The van der Waals surface area contributed by atoms with E-state index in [0.29, 0.717) is 25.9 Å². The van der Waals surface area contributed by atoms with Gasteiger partial charge in [0.15, 0.2) is 0 Å². The Bertz CT molecular complexity index is 811. The number of nitrogens with one attached hydrogen (secondary N) is 1. The first-order valence-corrected chi connectivity index (χ1v) is 9.18. The molecule has 0 bridgehead atoms. The highest BCUT2D eigenvalue weighted by Crippen LogP contribution is 2.38. The van der Waals surface area contributed by atoms with Crippen molar-refractivity contribution in [3.63, 3.8) is 0 Å². The van der Waals surface area contributed by atoms with Gasteiger partial charge in [0.05, 0.1) is 15.9 Å². The molecule has 9 heteroatoms. The third-order valence-electron chi connectivity index (χ3n) is 4.74. The maximum absolute atomic E-state index is 14.0. The summed E-state index contributed by atoms with van der Waals surface area (Å²) in [5.74, 6) is -1.53. The summed E-state index contributed by atoms with van der Waals surface area (Å²) in [6.45, 7) is 1.15. The highest BCUT2D eigenvalue weighted by molar-refractivity contribution is 7.89. The molecule has 1 aromatic carbocycles. The van der Waals surface area contributed by atoms with Gasteiger partial charge in [0.2, 0.25) is 15.9 Å². The maximum Gasteiger partial charge on any atom is 0.256 e. The quantitative estimate of drug-likeness (QED) is 0.790. The van der Waals surface area contributed by atoms with Crippen molar-refractivity contribution < 1.29 is 22.4 Å². The minimum absolute atomic E-state index is 0.0807. The van der Waals surface area contributed by atoms with E-state index < -0.39 is 27.2 Å². The smallest absolute Gasteiger partial charge is 0.256 e. The van der Waals surface area contributed by atoms with Crippen LogP contribution in [0.3, 0.4) is 0 Å². The summed E-state index contributed by atoms with van der Waals surface area (Å²) in [7, 11) is -4.04. The summed E-state index contributed by atoms with van der Waals surface area (Å²) in [6, 6.07) is 2.87. The van der Waals surface area contributed by atoms with Gasteiger partial charge in [0, 0.05) is 19.6 Å². The van der Waals surface area contributed by atoms with E-state index in [0.717, 1.165) is 24.6 Å². The number of hydrogen-bond acceptors (Lipinski definition) is 4. The van der Waals surface area contributed by atoms with Gasteiger partial charge in [-0.15, -0.1) is 0 Å². The Morgan fingerprint density at radius 3 is 2.75 bits per heavy atom. The highest BCUT2D eigenvalue weighted by Gasteiger charge is 2.47. The minimum atomic E-state index is -4.04. The largest absolute Gasteiger partial charge is 0.356 e. The molecule has 2 aliphatic heterocycles. The Labute approximate surface area is 139 Å². The number of amides is 2. The van der Waals surface area contributed by atoms with Crippen LogP contribution in [0.15, 0.2) is 23.1 Å². The zero-order valence-corrected chi connectivity index (χ0v) is 13.7. The molecular weight excluding hydrogens is 337 g/mol. The van der Waals surface area contributed by atoms with Gasteiger partial charge in [0.25, 0.3) is 5.91 Å². The van der Waals surface area contributed by atoms with E-state index in [1.807, 2.05) is 0 Å². The predicted octanol–water partition coefficient (Wildman–Crippen LogP) is 0.215. The molecule has 0 aromatic heterocycles. The van der Waals surface area contributed by atoms with Gasteiger partial charge in [-0.3, -0.25) is 9.59 Å². The van der Waals surface area contributed by atoms with E-state index >= 15 is 0 Å². The fourth-order valence-electron chi connectivity index (χ4n) is 3.38. The Balaban J connectivity index is 1.87. The van der Waals surface area contributed by atoms with Crippen molar-refractivity contribution in [2.75, 3.05) is 19.6 Å². The van der Waals surface area contributed by atoms with Crippen LogP contribution in [-0.4, -0.2) is 44.8 Å². The van der Waals surface area contributed by atoms with E-state index in [1.165, 1.54) is 4.90 Å². The van der Waals surface area contributed by atoms with Crippen molar-refractivity contribution in [2.24, 2.45) is 10.6 Å². The average Bonchev–Trinajstić information content (AvgIpc) is 2.94. The number of rotatable bonds is 2. The van der Waals surface area contributed by atoms with Crippen LogP contribution < -0.4 is 10.5 Å². The number of carbonyl (C=O) groups excluding carboxylic acids is 2. The first-order chi connectivity index (χ1) is 11.2. The fraction of sp³-hybridized carbons (Fsp3) is 0.467.